The highest BCUT2D eigenvalue weighted by molar-refractivity contribution is 5.80. The Morgan fingerprint density at radius 2 is 1.94 bits per heavy atom. The molecule has 0 radical (unpaired) electrons. The number of hydrogen-bond donors (Lipinski definition) is 2. The Balaban J connectivity index is 2.38. The molecule has 2 atom stereocenters. The molecule has 0 aromatic heterocycles. The van der Waals surface area contributed by atoms with Crippen molar-refractivity contribution in [3.63, 3.8) is 0 Å². The van der Waals surface area contributed by atoms with Crippen LogP contribution in [0.3, 0.4) is 0 Å². The van der Waals surface area contributed by atoms with Crippen molar-refractivity contribution in [2.75, 3.05) is 6.54 Å². The molecule has 2 unspecified atom stereocenters. The van der Waals surface area contributed by atoms with E-state index in [-0.39, 0.29) is 5.91 Å². The predicted octanol–water partition coefficient (Wildman–Crippen LogP) is 2.69. The van der Waals surface area contributed by atoms with E-state index in [1.807, 2.05) is 13.8 Å². The van der Waals surface area contributed by atoms with E-state index in [0.717, 1.165) is 11.8 Å². The van der Waals surface area contributed by atoms with Crippen LogP contribution in [0.15, 0.2) is 0 Å². The molecule has 3 N–H and O–H groups in total. The van der Waals surface area contributed by atoms with Crippen LogP contribution in [0, 0.1) is 17.3 Å². The summed E-state index contributed by atoms with van der Waals surface area (Å²) in [7, 11) is 0. The number of rotatable bonds is 5. The van der Waals surface area contributed by atoms with E-state index < -0.39 is 5.41 Å². The highest BCUT2D eigenvalue weighted by atomic mass is 16.1. The van der Waals surface area contributed by atoms with E-state index >= 15 is 0 Å². The average Bonchev–Trinajstić information content (AvgIpc) is 2.51. The molecule has 0 saturated heterocycles. The zero-order valence-electron chi connectivity index (χ0n) is 12.5. The maximum atomic E-state index is 11.3. The predicted molar refractivity (Wildman–Crippen MR) is 76.2 cm³/mol. The van der Waals surface area contributed by atoms with Crippen molar-refractivity contribution in [1.82, 2.24) is 5.32 Å². The minimum Gasteiger partial charge on any atom is -0.369 e. The molecule has 1 fully saturated rings. The molecular formula is C15H30N2O. The van der Waals surface area contributed by atoms with Gasteiger partial charge in [-0.15, -0.1) is 0 Å². The van der Waals surface area contributed by atoms with E-state index in [2.05, 4.69) is 19.2 Å². The summed E-state index contributed by atoms with van der Waals surface area (Å²) in [6.45, 7) is 9.18. The van der Waals surface area contributed by atoms with Crippen LogP contribution in [-0.4, -0.2) is 18.5 Å². The first-order valence-electron chi connectivity index (χ1n) is 7.36. The molecule has 0 heterocycles. The van der Waals surface area contributed by atoms with Gasteiger partial charge in [0.15, 0.2) is 0 Å². The number of amides is 1. The van der Waals surface area contributed by atoms with Gasteiger partial charge in [-0.2, -0.15) is 0 Å². The van der Waals surface area contributed by atoms with Crippen molar-refractivity contribution in [2.24, 2.45) is 23.0 Å². The van der Waals surface area contributed by atoms with Gasteiger partial charge in [0.2, 0.25) is 5.91 Å². The van der Waals surface area contributed by atoms with Crippen LogP contribution >= 0.6 is 0 Å². The molecule has 3 nitrogen and oxygen atoms in total. The quantitative estimate of drug-likeness (QED) is 0.741. The fourth-order valence-electron chi connectivity index (χ4n) is 2.69. The molecule has 1 aliphatic rings. The second kappa shape index (κ2) is 6.55. The molecule has 3 heteroatoms. The molecule has 106 valence electrons. The summed E-state index contributed by atoms with van der Waals surface area (Å²) in [5.41, 5.74) is 4.96. The first-order valence-corrected chi connectivity index (χ1v) is 7.36. The lowest BCUT2D eigenvalue weighted by Crippen LogP contribution is -2.43. The van der Waals surface area contributed by atoms with Crippen LogP contribution in [0.4, 0.5) is 0 Å². The topological polar surface area (TPSA) is 55.1 Å². The largest absolute Gasteiger partial charge is 0.369 e. The summed E-state index contributed by atoms with van der Waals surface area (Å²) in [5.74, 6) is 1.45. The highest BCUT2D eigenvalue weighted by Crippen LogP contribution is 2.29. The molecule has 1 saturated carbocycles. The average molecular weight is 254 g/mol. The van der Waals surface area contributed by atoms with Crippen LogP contribution in [0.1, 0.15) is 59.8 Å². The number of primary amides is 1. The lowest BCUT2D eigenvalue weighted by atomic mass is 9.89. The molecule has 1 amide bonds. The standard InChI is InChI=1S/C15H30N2O/c1-11(2)12-6-5-7-13(9-8-12)17-10-15(3,4)14(16)18/h11-13,17H,5-10H2,1-4H3,(H2,16,18). The Bertz CT molecular complexity index is 274. The first kappa shape index (κ1) is 15.5. The van der Waals surface area contributed by atoms with E-state index in [1.54, 1.807) is 0 Å². The summed E-state index contributed by atoms with van der Waals surface area (Å²) in [6, 6.07) is 0.562. The van der Waals surface area contributed by atoms with Crippen molar-refractivity contribution in [3.05, 3.63) is 0 Å². The van der Waals surface area contributed by atoms with Crippen LogP contribution in [0.25, 0.3) is 0 Å². The van der Waals surface area contributed by atoms with E-state index in [0.29, 0.717) is 12.6 Å². The fraction of sp³-hybridized carbons (Fsp3) is 0.933. The van der Waals surface area contributed by atoms with Crippen molar-refractivity contribution < 1.29 is 4.79 Å². The molecule has 0 aliphatic heterocycles. The minimum atomic E-state index is -0.441. The number of nitrogens with one attached hydrogen (secondary N) is 1. The maximum absolute atomic E-state index is 11.3. The fourth-order valence-corrected chi connectivity index (χ4v) is 2.69. The van der Waals surface area contributed by atoms with Gasteiger partial charge in [-0.05, 0) is 44.9 Å². The van der Waals surface area contributed by atoms with Crippen molar-refractivity contribution in [1.29, 1.82) is 0 Å². The van der Waals surface area contributed by atoms with Gasteiger partial charge in [-0.3, -0.25) is 4.79 Å². The normalized spacial score (nSPS) is 26.1. The number of nitrogens with two attached hydrogens (primary N) is 1. The van der Waals surface area contributed by atoms with Gasteiger partial charge in [0.25, 0.3) is 0 Å². The Hall–Kier alpha value is -0.570. The second-order valence-corrected chi connectivity index (χ2v) is 6.84. The summed E-state index contributed by atoms with van der Waals surface area (Å²) in [6.07, 6.45) is 6.44. The van der Waals surface area contributed by atoms with Crippen LogP contribution in [-0.2, 0) is 4.79 Å². The van der Waals surface area contributed by atoms with Crippen molar-refractivity contribution >= 4 is 5.91 Å². The lowest BCUT2D eigenvalue weighted by molar-refractivity contribution is -0.125. The monoisotopic (exact) mass is 254 g/mol. The molecule has 0 aromatic carbocycles. The van der Waals surface area contributed by atoms with Crippen LogP contribution < -0.4 is 11.1 Å². The third kappa shape index (κ3) is 4.60. The maximum Gasteiger partial charge on any atom is 0.224 e. The van der Waals surface area contributed by atoms with Crippen molar-refractivity contribution in [2.45, 2.75) is 65.8 Å². The Kier molecular flexibility index (Phi) is 5.64. The zero-order chi connectivity index (χ0) is 13.8. The number of hydrogen-bond acceptors (Lipinski definition) is 2. The summed E-state index contributed by atoms with van der Waals surface area (Å²) in [5, 5.41) is 3.54. The summed E-state index contributed by atoms with van der Waals surface area (Å²) < 4.78 is 0. The Morgan fingerprint density at radius 3 is 2.50 bits per heavy atom. The van der Waals surface area contributed by atoms with Crippen LogP contribution in [0.2, 0.25) is 0 Å². The smallest absolute Gasteiger partial charge is 0.224 e. The number of carbonyl (C=O) groups excluding carboxylic acids is 1. The molecule has 0 spiro atoms. The lowest BCUT2D eigenvalue weighted by Gasteiger charge is -2.25. The molecule has 18 heavy (non-hydrogen) atoms. The van der Waals surface area contributed by atoms with Gasteiger partial charge < -0.3 is 11.1 Å². The number of carbonyl (C=O) groups is 1. The van der Waals surface area contributed by atoms with Gasteiger partial charge in [0.1, 0.15) is 0 Å². The third-order valence-corrected chi connectivity index (χ3v) is 4.46. The summed E-state index contributed by atoms with van der Waals surface area (Å²) >= 11 is 0. The molecule has 0 bridgehead atoms. The van der Waals surface area contributed by atoms with Gasteiger partial charge in [0, 0.05) is 12.6 Å². The summed E-state index contributed by atoms with van der Waals surface area (Å²) in [4.78, 5) is 11.3. The van der Waals surface area contributed by atoms with Gasteiger partial charge in [-0.25, -0.2) is 0 Å². The van der Waals surface area contributed by atoms with E-state index in [1.165, 1.54) is 32.1 Å². The third-order valence-electron chi connectivity index (χ3n) is 4.46. The van der Waals surface area contributed by atoms with Gasteiger partial charge in [0.05, 0.1) is 5.41 Å². The van der Waals surface area contributed by atoms with Crippen molar-refractivity contribution in [3.8, 4) is 0 Å². The van der Waals surface area contributed by atoms with E-state index in [9.17, 15) is 4.79 Å². The van der Waals surface area contributed by atoms with Gasteiger partial charge >= 0.3 is 0 Å². The van der Waals surface area contributed by atoms with E-state index in [4.69, 9.17) is 5.73 Å². The molecule has 1 rings (SSSR count). The first-order chi connectivity index (χ1) is 8.33. The Morgan fingerprint density at radius 1 is 1.28 bits per heavy atom. The zero-order valence-corrected chi connectivity index (χ0v) is 12.5. The Labute approximate surface area is 112 Å². The van der Waals surface area contributed by atoms with Crippen LogP contribution in [0.5, 0.6) is 0 Å². The second-order valence-electron chi connectivity index (χ2n) is 6.84. The molecule has 1 aliphatic carbocycles. The SMILES string of the molecule is CC(C)C1CCCC(NCC(C)(C)C(N)=O)CC1. The molecule has 0 aromatic rings. The highest BCUT2D eigenvalue weighted by Gasteiger charge is 2.27. The molecular weight excluding hydrogens is 224 g/mol. The minimum absolute atomic E-state index is 0.219. The van der Waals surface area contributed by atoms with Gasteiger partial charge in [-0.1, -0.05) is 26.7 Å².